The van der Waals surface area contributed by atoms with E-state index in [0.717, 1.165) is 5.56 Å². The van der Waals surface area contributed by atoms with Gasteiger partial charge in [0.1, 0.15) is 5.00 Å². The van der Waals surface area contributed by atoms with Gasteiger partial charge in [0.25, 0.3) is 0 Å². The Hall–Kier alpha value is -1.41. The van der Waals surface area contributed by atoms with Crippen molar-refractivity contribution in [3.05, 3.63) is 16.0 Å². The molecule has 3 aliphatic rings. The molecule has 27 heavy (non-hydrogen) atoms. The topological polar surface area (TPSA) is 89.5 Å². The van der Waals surface area contributed by atoms with E-state index < -0.39 is 15.8 Å². The molecular weight excluding hydrogens is 386 g/mol. The standard InChI is InChI=1S/C19H25NO5S2/c1-2-25-19(22)17-13-7-8-27(23,24)10-15(13)26-18(17)20-16(21)9-14(11-3-4-11)12-5-6-12/h11-12,14H,2-10H2,1H3,(H,20,21). The first-order chi connectivity index (χ1) is 12.9. The lowest BCUT2D eigenvalue weighted by Crippen LogP contribution is -2.21. The van der Waals surface area contributed by atoms with Crippen LogP contribution in [-0.2, 0) is 31.5 Å². The summed E-state index contributed by atoms with van der Waals surface area (Å²) in [6.45, 7) is 1.97. The van der Waals surface area contributed by atoms with Crippen LogP contribution >= 0.6 is 11.3 Å². The summed E-state index contributed by atoms with van der Waals surface area (Å²) in [4.78, 5) is 25.8. The lowest BCUT2D eigenvalue weighted by atomic mass is 9.94. The van der Waals surface area contributed by atoms with Crippen LogP contribution in [0.25, 0.3) is 0 Å². The number of fused-ring (bicyclic) bond motifs is 1. The molecular formula is C19H25NO5S2. The second kappa shape index (κ2) is 7.20. The molecule has 0 atom stereocenters. The normalized spacial score (nSPS) is 21.0. The Morgan fingerprint density at radius 1 is 1.22 bits per heavy atom. The predicted octanol–water partition coefficient (Wildman–Crippen LogP) is 3.16. The van der Waals surface area contributed by atoms with Gasteiger partial charge < -0.3 is 10.1 Å². The maximum atomic E-state index is 12.7. The van der Waals surface area contributed by atoms with Crippen LogP contribution < -0.4 is 5.32 Å². The first-order valence-corrected chi connectivity index (χ1v) is 12.3. The van der Waals surface area contributed by atoms with Gasteiger partial charge in [0.05, 0.1) is 23.7 Å². The number of carbonyl (C=O) groups is 2. The molecule has 8 heteroatoms. The highest BCUT2D eigenvalue weighted by Crippen LogP contribution is 2.51. The van der Waals surface area contributed by atoms with Crippen LogP contribution in [-0.4, -0.2) is 32.7 Å². The maximum Gasteiger partial charge on any atom is 0.341 e. The van der Waals surface area contributed by atoms with Gasteiger partial charge in [-0.3, -0.25) is 4.79 Å². The summed E-state index contributed by atoms with van der Waals surface area (Å²) in [5.74, 6) is 1.20. The minimum absolute atomic E-state index is 0.0297. The highest BCUT2D eigenvalue weighted by molar-refractivity contribution is 7.90. The number of esters is 1. The van der Waals surface area contributed by atoms with Crippen LogP contribution in [0.5, 0.6) is 0 Å². The summed E-state index contributed by atoms with van der Waals surface area (Å²) in [6, 6.07) is 0. The number of ether oxygens (including phenoxy) is 1. The third kappa shape index (κ3) is 4.21. The number of amides is 1. The van der Waals surface area contributed by atoms with Crippen molar-refractivity contribution >= 4 is 38.1 Å². The van der Waals surface area contributed by atoms with Crippen molar-refractivity contribution in [1.82, 2.24) is 0 Å². The quantitative estimate of drug-likeness (QED) is 0.696. The fraction of sp³-hybridized carbons (Fsp3) is 0.684. The summed E-state index contributed by atoms with van der Waals surface area (Å²) < 4.78 is 29.1. The summed E-state index contributed by atoms with van der Waals surface area (Å²) in [5.41, 5.74) is 1.08. The smallest absolute Gasteiger partial charge is 0.341 e. The Labute approximate surface area is 163 Å². The lowest BCUT2D eigenvalue weighted by Gasteiger charge is -2.15. The third-order valence-corrected chi connectivity index (χ3v) is 8.60. The van der Waals surface area contributed by atoms with Crippen molar-refractivity contribution in [3.8, 4) is 0 Å². The van der Waals surface area contributed by atoms with Gasteiger partial charge in [0.2, 0.25) is 5.91 Å². The summed E-state index contributed by atoms with van der Waals surface area (Å²) in [5, 5.41) is 3.36. The minimum atomic E-state index is -3.15. The van der Waals surface area contributed by atoms with Crippen molar-refractivity contribution in [1.29, 1.82) is 0 Å². The SMILES string of the molecule is CCOC(=O)c1c(NC(=O)CC(C2CC2)C2CC2)sc2c1CCS(=O)(=O)C2. The van der Waals surface area contributed by atoms with Gasteiger partial charge in [-0.2, -0.15) is 0 Å². The molecule has 0 unspecified atom stereocenters. The van der Waals surface area contributed by atoms with E-state index in [9.17, 15) is 18.0 Å². The predicted molar refractivity (Wildman–Crippen MR) is 104 cm³/mol. The van der Waals surface area contributed by atoms with Crippen LogP contribution in [0.1, 0.15) is 59.8 Å². The van der Waals surface area contributed by atoms with Crippen LogP contribution in [0.3, 0.4) is 0 Å². The van der Waals surface area contributed by atoms with Gasteiger partial charge in [0, 0.05) is 11.3 Å². The Morgan fingerprint density at radius 2 is 1.89 bits per heavy atom. The van der Waals surface area contributed by atoms with E-state index in [0.29, 0.717) is 46.0 Å². The highest BCUT2D eigenvalue weighted by atomic mass is 32.2. The van der Waals surface area contributed by atoms with Gasteiger partial charge >= 0.3 is 5.97 Å². The Bertz CT molecular complexity index is 853. The molecule has 0 spiro atoms. The van der Waals surface area contributed by atoms with Crippen molar-refractivity contribution in [2.45, 2.75) is 51.2 Å². The molecule has 2 fully saturated rings. The molecule has 6 nitrogen and oxygen atoms in total. The van der Waals surface area contributed by atoms with E-state index in [2.05, 4.69) is 5.32 Å². The zero-order valence-electron chi connectivity index (χ0n) is 15.5. The fourth-order valence-corrected chi connectivity index (χ4v) is 7.14. The van der Waals surface area contributed by atoms with E-state index in [-0.39, 0.29) is 24.0 Å². The second-order valence-corrected chi connectivity index (χ2v) is 11.2. The number of anilines is 1. The second-order valence-electron chi connectivity index (χ2n) is 7.86. The molecule has 1 N–H and O–H groups in total. The average molecular weight is 412 g/mol. The first-order valence-electron chi connectivity index (χ1n) is 9.70. The van der Waals surface area contributed by atoms with Gasteiger partial charge in [-0.15, -0.1) is 11.3 Å². The van der Waals surface area contributed by atoms with E-state index in [1.165, 1.54) is 37.0 Å². The van der Waals surface area contributed by atoms with Crippen molar-refractivity contribution in [3.63, 3.8) is 0 Å². The Kier molecular flexibility index (Phi) is 5.05. The number of carbonyl (C=O) groups excluding carboxylic acids is 2. The number of hydrogen-bond donors (Lipinski definition) is 1. The average Bonchev–Trinajstić information content (AvgIpc) is 3.49. The molecule has 1 amide bonds. The largest absolute Gasteiger partial charge is 0.462 e. The van der Waals surface area contributed by atoms with Gasteiger partial charge in [0.15, 0.2) is 9.84 Å². The lowest BCUT2D eigenvalue weighted by molar-refractivity contribution is -0.117. The highest BCUT2D eigenvalue weighted by Gasteiger charge is 2.42. The van der Waals surface area contributed by atoms with Crippen molar-refractivity contribution in [2.24, 2.45) is 17.8 Å². The molecule has 0 radical (unpaired) electrons. The first kappa shape index (κ1) is 18.9. The number of sulfone groups is 1. The zero-order valence-corrected chi connectivity index (χ0v) is 17.1. The fourth-order valence-electron chi connectivity index (χ4n) is 4.09. The molecule has 4 rings (SSSR count). The van der Waals surface area contributed by atoms with Gasteiger partial charge in [-0.25, -0.2) is 13.2 Å². The molecule has 0 saturated heterocycles. The number of hydrogen-bond acceptors (Lipinski definition) is 6. The molecule has 2 heterocycles. The number of rotatable bonds is 7. The molecule has 1 aromatic heterocycles. The van der Waals surface area contributed by atoms with Crippen LogP contribution in [0.4, 0.5) is 5.00 Å². The Balaban J connectivity index is 1.56. The van der Waals surface area contributed by atoms with E-state index in [1.807, 2.05) is 0 Å². The summed E-state index contributed by atoms with van der Waals surface area (Å²) in [7, 11) is -3.15. The molecule has 0 aromatic carbocycles. The molecule has 148 valence electrons. The molecule has 0 bridgehead atoms. The summed E-state index contributed by atoms with van der Waals surface area (Å²) in [6.07, 6.45) is 5.64. The number of nitrogens with one attached hydrogen (secondary N) is 1. The molecule has 2 aliphatic carbocycles. The molecule has 2 saturated carbocycles. The van der Waals surface area contributed by atoms with Crippen LogP contribution in [0, 0.1) is 17.8 Å². The van der Waals surface area contributed by atoms with E-state index in [1.54, 1.807) is 6.92 Å². The Morgan fingerprint density at radius 3 is 2.48 bits per heavy atom. The van der Waals surface area contributed by atoms with Crippen molar-refractivity contribution in [2.75, 3.05) is 17.7 Å². The monoisotopic (exact) mass is 411 g/mol. The van der Waals surface area contributed by atoms with Crippen LogP contribution in [0.15, 0.2) is 0 Å². The number of thiophene rings is 1. The third-order valence-electron chi connectivity index (χ3n) is 5.71. The van der Waals surface area contributed by atoms with Crippen molar-refractivity contribution < 1.29 is 22.7 Å². The minimum Gasteiger partial charge on any atom is -0.462 e. The van der Waals surface area contributed by atoms with E-state index in [4.69, 9.17) is 4.74 Å². The van der Waals surface area contributed by atoms with Gasteiger partial charge in [-0.05, 0) is 62.3 Å². The summed E-state index contributed by atoms with van der Waals surface area (Å²) >= 11 is 1.21. The van der Waals surface area contributed by atoms with Crippen LogP contribution in [0.2, 0.25) is 0 Å². The van der Waals surface area contributed by atoms with E-state index >= 15 is 0 Å². The maximum absolute atomic E-state index is 12.7. The molecule has 1 aliphatic heterocycles. The van der Waals surface area contributed by atoms with Gasteiger partial charge in [-0.1, -0.05) is 0 Å². The zero-order chi connectivity index (χ0) is 19.2. The molecule has 1 aromatic rings.